The van der Waals surface area contributed by atoms with E-state index in [-0.39, 0.29) is 11.8 Å². The Kier molecular flexibility index (Phi) is 5.95. The van der Waals surface area contributed by atoms with E-state index in [2.05, 4.69) is 18.8 Å². The molecule has 1 aromatic carbocycles. The quantitative estimate of drug-likeness (QED) is 0.810. The van der Waals surface area contributed by atoms with Crippen LogP contribution in [-0.2, 0) is 11.2 Å². The van der Waals surface area contributed by atoms with Gasteiger partial charge in [-0.1, -0.05) is 26.0 Å². The molecule has 5 nitrogen and oxygen atoms in total. The second-order valence-electron chi connectivity index (χ2n) is 7.37. The van der Waals surface area contributed by atoms with E-state index in [4.69, 9.17) is 0 Å². The highest BCUT2D eigenvalue weighted by atomic mass is 32.1. The first-order valence-corrected chi connectivity index (χ1v) is 10.3. The van der Waals surface area contributed by atoms with Crippen molar-refractivity contribution in [2.24, 2.45) is 0 Å². The van der Waals surface area contributed by atoms with Gasteiger partial charge in [0.25, 0.3) is 5.91 Å². The predicted molar refractivity (Wildman–Crippen MR) is 108 cm³/mol. The summed E-state index contributed by atoms with van der Waals surface area (Å²) in [6.07, 6.45) is 0.405. The number of piperazine rings is 1. The van der Waals surface area contributed by atoms with E-state index < -0.39 is 0 Å². The van der Waals surface area contributed by atoms with Gasteiger partial charge in [-0.3, -0.25) is 9.59 Å². The molecule has 0 bridgehead atoms. The van der Waals surface area contributed by atoms with Gasteiger partial charge in [0, 0.05) is 36.6 Å². The van der Waals surface area contributed by atoms with Gasteiger partial charge >= 0.3 is 0 Å². The topological polar surface area (TPSA) is 53.5 Å². The molecule has 6 heteroatoms. The summed E-state index contributed by atoms with van der Waals surface area (Å²) in [6.45, 7) is 10.5. The zero-order valence-corrected chi connectivity index (χ0v) is 17.3. The molecular weight excluding hydrogens is 358 g/mol. The van der Waals surface area contributed by atoms with Crippen LogP contribution >= 0.6 is 11.3 Å². The molecule has 1 aliphatic rings. The molecule has 0 N–H and O–H groups in total. The summed E-state index contributed by atoms with van der Waals surface area (Å²) in [6, 6.07) is 7.86. The van der Waals surface area contributed by atoms with Crippen molar-refractivity contribution in [2.45, 2.75) is 40.0 Å². The lowest BCUT2D eigenvalue weighted by molar-refractivity contribution is -0.131. The molecule has 0 radical (unpaired) electrons. The van der Waals surface area contributed by atoms with Crippen molar-refractivity contribution >= 4 is 23.2 Å². The second-order valence-corrected chi connectivity index (χ2v) is 8.66. The Morgan fingerprint density at radius 1 is 1.04 bits per heavy atom. The highest BCUT2D eigenvalue weighted by Crippen LogP contribution is 2.20. The van der Waals surface area contributed by atoms with Gasteiger partial charge in [-0.25, -0.2) is 4.98 Å². The Morgan fingerprint density at radius 3 is 2.15 bits per heavy atom. The number of hydrogen-bond donors (Lipinski definition) is 0. The smallest absolute Gasteiger partial charge is 0.253 e. The minimum Gasteiger partial charge on any atom is -0.339 e. The molecule has 0 aliphatic carbocycles. The summed E-state index contributed by atoms with van der Waals surface area (Å²) in [5.41, 5.74) is 2.90. The molecule has 0 saturated carbocycles. The third-order valence-electron chi connectivity index (χ3n) is 5.06. The molecule has 2 aromatic rings. The van der Waals surface area contributed by atoms with Gasteiger partial charge in [-0.15, -0.1) is 11.3 Å². The first-order chi connectivity index (χ1) is 12.8. The van der Waals surface area contributed by atoms with Crippen LogP contribution in [-0.4, -0.2) is 52.8 Å². The van der Waals surface area contributed by atoms with Crippen LogP contribution < -0.4 is 0 Å². The number of nitrogens with zero attached hydrogens (tertiary/aromatic N) is 3. The van der Waals surface area contributed by atoms with Crippen LogP contribution in [0.15, 0.2) is 24.3 Å². The van der Waals surface area contributed by atoms with Crippen molar-refractivity contribution in [1.29, 1.82) is 0 Å². The van der Waals surface area contributed by atoms with Crippen LogP contribution in [0.25, 0.3) is 0 Å². The molecule has 1 aromatic heterocycles. The monoisotopic (exact) mass is 385 g/mol. The number of benzene rings is 1. The van der Waals surface area contributed by atoms with Crippen LogP contribution in [0.1, 0.15) is 51.3 Å². The highest BCUT2D eigenvalue weighted by molar-refractivity contribution is 7.11. The Bertz CT molecular complexity index is 818. The predicted octanol–water partition coefficient (Wildman–Crippen LogP) is 3.41. The van der Waals surface area contributed by atoms with Crippen molar-refractivity contribution in [3.05, 3.63) is 51.0 Å². The second kappa shape index (κ2) is 8.21. The van der Waals surface area contributed by atoms with Crippen LogP contribution in [0.2, 0.25) is 0 Å². The highest BCUT2D eigenvalue weighted by Gasteiger charge is 2.25. The fourth-order valence-corrected chi connectivity index (χ4v) is 4.27. The molecular formula is C21H27N3O2S. The van der Waals surface area contributed by atoms with Crippen LogP contribution in [0.5, 0.6) is 0 Å². The van der Waals surface area contributed by atoms with Gasteiger partial charge in [-0.2, -0.15) is 0 Å². The van der Waals surface area contributed by atoms with Gasteiger partial charge in [0.15, 0.2) is 0 Å². The van der Waals surface area contributed by atoms with Crippen molar-refractivity contribution in [3.8, 4) is 0 Å². The number of hydrogen-bond acceptors (Lipinski definition) is 4. The number of aryl methyl sites for hydroxylation is 2. The molecule has 1 fully saturated rings. The molecule has 0 atom stereocenters. The molecule has 27 heavy (non-hydrogen) atoms. The van der Waals surface area contributed by atoms with Crippen LogP contribution in [0, 0.1) is 13.8 Å². The fourth-order valence-electron chi connectivity index (χ4n) is 3.34. The maximum atomic E-state index is 12.7. The van der Waals surface area contributed by atoms with Crippen molar-refractivity contribution < 1.29 is 9.59 Å². The van der Waals surface area contributed by atoms with E-state index in [1.54, 1.807) is 11.3 Å². The average Bonchev–Trinajstić information content (AvgIpc) is 2.98. The minimum absolute atomic E-state index is 0.0475. The number of carbonyl (C=O) groups excluding carboxylic acids is 2. The lowest BCUT2D eigenvalue weighted by atomic mass is 10.0. The van der Waals surface area contributed by atoms with Crippen LogP contribution in [0.4, 0.5) is 0 Å². The molecule has 2 amide bonds. The Hall–Kier alpha value is -2.21. The molecule has 2 heterocycles. The summed E-state index contributed by atoms with van der Waals surface area (Å²) < 4.78 is 0. The number of carbonyl (C=O) groups is 2. The van der Waals surface area contributed by atoms with Crippen molar-refractivity contribution in [2.75, 3.05) is 26.2 Å². The molecule has 0 spiro atoms. The Balaban J connectivity index is 1.55. The molecule has 0 unspecified atom stereocenters. The summed E-state index contributed by atoms with van der Waals surface area (Å²) in [5.74, 6) is 0.621. The molecule has 1 aliphatic heterocycles. The van der Waals surface area contributed by atoms with E-state index >= 15 is 0 Å². The third kappa shape index (κ3) is 4.56. The summed E-state index contributed by atoms with van der Waals surface area (Å²) in [5, 5.41) is 0.995. The number of thiazole rings is 1. The Labute approximate surface area is 165 Å². The Morgan fingerprint density at radius 2 is 1.63 bits per heavy atom. The van der Waals surface area contributed by atoms with Crippen LogP contribution in [0.3, 0.4) is 0 Å². The maximum absolute atomic E-state index is 12.7. The van der Waals surface area contributed by atoms with Gasteiger partial charge in [0.1, 0.15) is 0 Å². The minimum atomic E-state index is 0.0475. The van der Waals surface area contributed by atoms with E-state index in [1.807, 2.05) is 47.9 Å². The standard InChI is InChI=1S/C21H27N3O2S/c1-14(2)17-5-7-18(8-6-17)21(26)24-11-9-23(10-12-24)20(25)13-19-15(3)22-16(4)27-19/h5-8,14H,9-13H2,1-4H3. The van der Waals surface area contributed by atoms with E-state index in [0.717, 1.165) is 21.1 Å². The van der Waals surface area contributed by atoms with Gasteiger partial charge in [-0.05, 0) is 37.5 Å². The first kappa shape index (κ1) is 19.5. The van der Waals surface area contributed by atoms with E-state index in [0.29, 0.717) is 38.5 Å². The largest absolute Gasteiger partial charge is 0.339 e. The lowest BCUT2D eigenvalue weighted by Gasteiger charge is -2.35. The normalized spacial score (nSPS) is 14.7. The first-order valence-electron chi connectivity index (χ1n) is 9.45. The molecule has 1 saturated heterocycles. The zero-order valence-electron chi connectivity index (χ0n) is 16.5. The van der Waals surface area contributed by atoms with E-state index in [1.165, 1.54) is 5.56 Å². The SMILES string of the molecule is Cc1nc(C)c(CC(=O)N2CCN(C(=O)c3ccc(C(C)C)cc3)CC2)s1. The number of amides is 2. The fraction of sp³-hybridized carbons (Fsp3) is 0.476. The van der Waals surface area contributed by atoms with E-state index in [9.17, 15) is 9.59 Å². The zero-order chi connectivity index (χ0) is 19.6. The third-order valence-corrected chi connectivity index (χ3v) is 6.13. The average molecular weight is 386 g/mol. The van der Waals surface area contributed by atoms with Gasteiger partial charge in [0.05, 0.1) is 17.1 Å². The number of rotatable bonds is 4. The number of aromatic nitrogens is 1. The molecule has 144 valence electrons. The molecule has 3 rings (SSSR count). The summed E-state index contributed by atoms with van der Waals surface area (Å²) in [7, 11) is 0. The van der Waals surface area contributed by atoms with Gasteiger partial charge < -0.3 is 9.80 Å². The van der Waals surface area contributed by atoms with Crippen molar-refractivity contribution in [3.63, 3.8) is 0 Å². The summed E-state index contributed by atoms with van der Waals surface area (Å²) in [4.78, 5) is 34.4. The lowest BCUT2D eigenvalue weighted by Crippen LogP contribution is -2.51. The van der Waals surface area contributed by atoms with Gasteiger partial charge in [0.2, 0.25) is 5.91 Å². The maximum Gasteiger partial charge on any atom is 0.253 e. The summed E-state index contributed by atoms with van der Waals surface area (Å²) >= 11 is 1.59. The van der Waals surface area contributed by atoms with Crippen molar-refractivity contribution in [1.82, 2.24) is 14.8 Å².